The Morgan fingerprint density at radius 3 is 1.04 bits per heavy atom. The molecule has 7 aromatic carbocycles. The van der Waals surface area contributed by atoms with Gasteiger partial charge < -0.3 is 55.7 Å². The van der Waals surface area contributed by atoms with Crippen LogP contribution in [0.1, 0.15) is 311 Å². The molecule has 9 N–H and O–H groups in total. The third kappa shape index (κ3) is 23.6. The largest absolute Gasteiger partial charge is 0.508 e. The minimum Gasteiger partial charge on any atom is -0.508 e. The van der Waals surface area contributed by atoms with E-state index in [0.717, 1.165) is 63.2 Å². The highest BCUT2D eigenvalue weighted by Gasteiger charge is 2.34. The molecule has 0 fully saturated rings. The first-order valence-electron chi connectivity index (χ1n) is 52.7. The fraction of sp³-hybridized carbons (Fsp3) is 0.380. The number of amides is 2. The fourth-order valence-corrected chi connectivity index (χ4v) is 11.5. The van der Waals surface area contributed by atoms with Gasteiger partial charge in [0.2, 0.25) is 16.3 Å². The number of aromatic hydroxyl groups is 1. The number of aromatic nitrogens is 3. The summed E-state index contributed by atoms with van der Waals surface area (Å²) in [7, 11) is 0. The Hall–Kier alpha value is -12.0. The van der Waals surface area contributed by atoms with E-state index < -0.39 is 233 Å². The van der Waals surface area contributed by atoms with Crippen LogP contribution >= 0.6 is 0 Å². The lowest BCUT2D eigenvalue weighted by molar-refractivity contribution is -0.386. The number of para-hydroxylation sites is 3. The molecule has 0 spiro atoms. The number of nitro groups is 1. The molecule has 0 atom stereocenters. The zero-order chi connectivity index (χ0) is 117. The number of hydrogen-bond donors (Lipinski definition) is 8. The quantitative estimate of drug-likeness (QED) is 0.0219. The number of carboxylic acid groups (broad SMARTS) is 1. The van der Waals surface area contributed by atoms with Gasteiger partial charge in [-0.2, -0.15) is 0 Å². The summed E-state index contributed by atoms with van der Waals surface area (Å²) in [5, 5.41) is 37.2. The van der Waals surface area contributed by atoms with E-state index in [0.29, 0.717) is 33.6 Å². The number of nitro benzene ring substituents is 1. The maximum atomic E-state index is 13.3. The Kier molecular flexibility index (Phi) is 15.8. The van der Waals surface area contributed by atoms with Crippen LogP contribution in [-0.2, 0) is 57.7 Å². The summed E-state index contributed by atoms with van der Waals surface area (Å²) in [6.07, 6.45) is 3.67. The maximum absolute atomic E-state index is 13.3. The summed E-state index contributed by atoms with van der Waals surface area (Å²) in [5.74, 6) is -8.73. The van der Waals surface area contributed by atoms with Gasteiger partial charge in [-0.1, -0.05) is 202 Å². The molecule has 0 aliphatic heterocycles. The van der Waals surface area contributed by atoms with Gasteiger partial charge in [-0.3, -0.25) is 48.5 Å². The van der Waals surface area contributed by atoms with Gasteiger partial charge in [0.1, 0.15) is 39.7 Å². The van der Waals surface area contributed by atoms with Gasteiger partial charge in [-0.25, -0.2) is 4.79 Å². The first kappa shape index (κ1) is 51.7. The molecule has 0 unspecified atom stereocenters. The van der Waals surface area contributed by atoms with Gasteiger partial charge >= 0.3 is 23.9 Å². The van der Waals surface area contributed by atoms with E-state index in [-0.39, 0.29) is 61.2 Å². The summed E-state index contributed by atoms with van der Waals surface area (Å²) in [5.41, 5.74) is -14.9. The average Bonchev–Trinajstić information content (AvgIpc) is 0.701. The van der Waals surface area contributed by atoms with Crippen molar-refractivity contribution in [3.63, 3.8) is 0 Å². The molecule has 3 heterocycles. The van der Waals surface area contributed by atoms with Crippen molar-refractivity contribution in [1.82, 2.24) is 15.0 Å². The summed E-state index contributed by atoms with van der Waals surface area (Å²) >= 11 is 0. The fourth-order valence-electron chi connectivity index (χ4n) is 11.5. The first-order valence-corrected chi connectivity index (χ1v) is 34.7. The number of rotatable bonds is 9. The Labute approximate surface area is 723 Å². The number of hydrogen-bond acceptors (Lipinski definition) is 16. The predicted octanol–water partition coefficient (Wildman–Crippen LogP) is 19.5. The number of carboxylic acids is 1. The SMILES string of the molecule is O=C(O)c1c[nH]c2ccccc2c1=O.[2H]C([2H])([2H])C(c1cc(C(C)(C)C)c(N)cc1OC(C)=O)(C([2H])([2H])[2H])C([2H])([2H])[2H].[2H]C([2H])([2H])C(c1cc(C(C)(C)C)c(NC(=O)c2c[nH]c3ccccc3c2=O)cc1O)(C([2H])([2H])[2H])C([2H])([2H])[2H].[2H]C([2H])([2H])C(c1cc(C(C)(C)C)c(NC(=O)c2c[nH]c3ccccc3c2=O)cc1OC(C)=O)(C([2H])([2H])[2H])C([2H])([2H])[2H].[2H]C([2H])([2H])C(c1cc(C(C)(C)C)c([N+](=O)[O-])cc1OC(C)=O)(C([2H])([2H])[2H])C([2H])([2H])[2H]. The van der Waals surface area contributed by atoms with E-state index in [1.807, 2.05) is 0 Å². The van der Waals surface area contributed by atoms with Crippen LogP contribution in [0.2, 0.25) is 0 Å². The number of nitrogens with zero attached hydrogens (tertiary/aromatic N) is 1. The second-order valence-corrected chi connectivity index (χ2v) is 30.6. The zero-order valence-electron chi connectivity index (χ0n) is 101. The van der Waals surface area contributed by atoms with Crippen molar-refractivity contribution >= 4 is 91.1 Å². The number of carbonyl (C=O) groups excluding carboxylic acids is 5. The number of pyridine rings is 3. The molecule has 0 bridgehead atoms. The van der Waals surface area contributed by atoms with Crippen molar-refractivity contribution in [1.29, 1.82) is 0 Å². The van der Waals surface area contributed by atoms with Gasteiger partial charge in [0.05, 0.1) is 11.0 Å². The normalized spacial score (nSPS) is 17.9. The molecule has 0 saturated carbocycles. The van der Waals surface area contributed by atoms with Gasteiger partial charge in [0, 0.05) is 179 Å². The Morgan fingerprint density at radius 1 is 0.409 bits per heavy atom. The Morgan fingerprint density at radius 2 is 0.704 bits per heavy atom. The number of nitrogens with two attached hydrogens (primary N) is 1. The monoisotopic (exact) mass is 1610 g/mol. The maximum Gasteiger partial charge on any atom is 0.341 e. The molecular weight excluding hydrogens is 1460 g/mol. The standard InChI is InChI=1S/C26H30N2O4.C24H28N2O3.C16H23NO4.C16H25NO2.C10H7NO3/c1-15(29)32-22-13-21(18(25(2,3)4)12-19(22)26(5,6)7)28-24(31)17-14-27-20-11-9-8-10-16(20)23(17)30;1-23(2,3)16-11-17(24(4,5)6)20(27)12-19(16)26-22(29)15-13-25-18-10-8-7-9-14(18)21(15)28;1-10(18)21-14-9-13(17(19)20)11(15(2,3)4)8-12(14)16(5,6)7;1-10(18)19-14-9-13(17)11(15(2,3)4)8-12(14)16(5,6)7;12-9-6-3-1-2-4-8(6)11-5-7(9)10(13)14/h8-14H,1-7H3,(H,27,30)(H,28,31);7-13,27H,1-6H3,(H,25,28)(H,26,29);8-9H,1-7H3;8-9H,17H2,1-7H3;1-5H,(H,11,12)(H,13,14)/i5D3,6D3,7D3;4D3,5D3,6D3;2*5D3,6D3,7D3;. The number of esters is 3. The van der Waals surface area contributed by atoms with Crippen molar-refractivity contribution in [2.24, 2.45) is 0 Å². The zero-order valence-corrected chi connectivity index (χ0v) is 65.4. The summed E-state index contributed by atoms with van der Waals surface area (Å²) in [4.78, 5) is 129. The van der Waals surface area contributed by atoms with Gasteiger partial charge in [0.15, 0.2) is 0 Å². The molecule has 0 saturated heterocycles. The summed E-state index contributed by atoms with van der Waals surface area (Å²) < 4.78 is 302. The molecular formula is C92H113N7O16. The molecule has 115 heavy (non-hydrogen) atoms. The topological polar surface area (TPSA) is 362 Å². The number of aromatic carboxylic acids is 1. The second-order valence-electron chi connectivity index (χ2n) is 30.6. The van der Waals surface area contributed by atoms with E-state index in [1.165, 1.54) is 24.7 Å². The molecule has 3 aromatic heterocycles. The molecule has 23 nitrogen and oxygen atoms in total. The Balaban J connectivity index is 0.000000296. The van der Waals surface area contributed by atoms with E-state index in [1.54, 1.807) is 150 Å². The highest BCUT2D eigenvalue weighted by atomic mass is 16.6. The van der Waals surface area contributed by atoms with Crippen molar-refractivity contribution in [2.75, 3.05) is 16.4 Å². The Bertz CT molecular complexity index is 6900. The number of fused-ring (bicyclic) bond motifs is 3. The summed E-state index contributed by atoms with van der Waals surface area (Å²) in [6.45, 7) is -20.2. The third-order valence-electron chi connectivity index (χ3n) is 16.9. The minimum absolute atomic E-state index is 0.0492. The van der Waals surface area contributed by atoms with Crippen LogP contribution in [0.25, 0.3) is 32.7 Å². The number of phenols is 1. The lowest BCUT2D eigenvalue weighted by atomic mass is 9.79. The lowest BCUT2D eigenvalue weighted by Crippen LogP contribution is -2.25. The van der Waals surface area contributed by atoms with Crippen molar-refractivity contribution < 1.29 is 107 Å². The van der Waals surface area contributed by atoms with Gasteiger partial charge in [0.25, 0.3) is 17.5 Å². The first-order chi connectivity index (χ1) is 67.6. The van der Waals surface area contributed by atoms with Crippen LogP contribution in [0.3, 0.4) is 0 Å². The number of benzene rings is 7. The van der Waals surface area contributed by atoms with Gasteiger partial charge in [-0.15, -0.1) is 0 Å². The predicted molar refractivity (Wildman–Crippen MR) is 459 cm³/mol. The van der Waals surface area contributed by atoms with Crippen LogP contribution in [0.15, 0.2) is 154 Å². The van der Waals surface area contributed by atoms with E-state index in [9.17, 15) is 58.4 Å². The van der Waals surface area contributed by atoms with Crippen molar-refractivity contribution in [3.05, 3.63) is 242 Å². The number of phenolic OH excluding ortho intramolecular Hbond substituents is 1. The number of carbonyl (C=O) groups is 6. The summed E-state index contributed by atoms with van der Waals surface area (Å²) in [6, 6.07) is 27.7. The molecule has 10 rings (SSSR count). The highest BCUT2D eigenvalue weighted by molar-refractivity contribution is 6.07. The number of anilines is 3. The average molecular weight is 1610 g/mol. The number of nitrogen functional groups attached to an aromatic ring is 1. The molecule has 612 valence electrons. The molecule has 2 amide bonds. The van der Waals surface area contributed by atoms with Crippen LogP contribution in [-0.4, -0.2) is 65.8 Å². The van der Waals surface area contributed by atoms with E-state index >= 15 is 0 Å². The number of H-pyrrole nitrogens is 3. The van der Waals surface area contributed by atoms with Gasteiger partial charge in [-0.05, 0) is 126 Å². The van der Waals surface area contributed by atoms with E-state index in [4.69, 9.17) is 74.4 Å². The molecule has 0 aliphatic rings. The molecule has 0 aliphatic carbocycles. The number of nitrogens with one attached hydrogen (secondary N) is 5. The molecule has 23 heteroatoms. The number of aromatic amines is 3. The van der Waals surface area contributed by atoms with Crippen LogP contribution in [0.4, 0.5) is 22.7 Å². The second kappa shape index (κ2) is 35.2. The van der Waals surface area contributed by atoms with E-state index in [2.05, 4.69) is 25.6 Å². The third-order valence-corrected chi connectivity index (χ3v) is 16.9. The van der Waals surface area contributed by atoms with Crippen molar-refractivity contribution in [2.45, 2.75) is 229 Å². The van der Waals surface area contributed by atoms with Crippen molar-refractivity contribution in [3.8, 4) is 23.0 Å². The number of ether oxygens (including phenoxy) is 3. The lowest BCUT2D eigenvalue weighted by Gasteiger charge is -2.29. The molecule has 0 radical (unpaired) electrons. The molecule has 10 aromatic rings. The minimum atomic E-state index is -3.63. The van der Waals surface area contributed by atoms with Crippen LogP contribution < -0.4 is 46.9 Å². The smallest absolute Gasteiger partial charge is 0.341 e. The highest BCUT2D eigenvalue weighted by Crippen LogP contribution is 2.45. The van der Waals surface area contributed by atoms with Crippen LogP contribution in [0.5, 0.6) is 23.0 Å². The van der Waals surface area contributed by atoms with Crippen LogP contribution in [0, 0.1) is 10.1 Å².